The summed E-state index contributed by atoms with van der Waals surface area (Å²) in [6.07, 6.45) is 31.4. The van der Waals surface area contributed by atoms with Crippen LogP contribution in [0.3, 0.4) is 0 Å². The average molecular weight is 652 g/mol. The van der Waals surface area contributed by atoms with Crippen LogP contribution in [0, 0.1) is 0 Å². The van der Waals surface area contributed by atoms with Gasteiger partial charge in [0.25, 0.3) is 0 Å². The number of allylic oxidation sites excluding steroid dienone is 2. The van der Waals surface area contributed by atoms with Gasteiger partial charge >= 0.3 is 11.9 Å². The van der Waals surface area contributed by atoms with Gasteiger partial charge in [0, 0.05) is 19.3 Å². The van der Waals surface area contributed by atoms with Crippen LogP contribution in [0.4, 0.5) is 0 Å². The van der Waals surface area contributed by atoms with E-state index < -0.39 is 40.5 Å². The molecular formula is C39H73NO6. The molecule has 0 aliphatic carbocycles. The van der Waals surface area contributed by atoms with Crippen LogP contribution < -0.4 is 5.11 Å². The highest BCUT2D eigenvalue weighted by atomic mass is 16.4. The Morgan fingerprint density at radius 2 is 0.826 bits per heavy atom. The molecule has 0 aromatic heterocycles. The second-order valence-corrected chi connectivity index (χ2v) is 13.7. The molecule has 3 atom stereocenters. The number of hydrogen-bond acceptors (Lipinski definition) is 4. The number of unbranched alkanes of at least 4 members (excludes halogenated alkanes) is 18. The topological polar surface area (TPSA) is 115 Å². The first-order chi connectivity index (χ1) is 22.2. The lowest BCUT2D eigenvalue weighted by Gasteiger charge is -2.52. The van der Waals surface area contributed by atoms with E-state index >= 15 is 0 Å². The fraction of sp³-hybridized carbons (Fsp3) is 0.872. The Hall–Kier alpha value is -1.89. The number of rotatable bonds is 34. The summed E-state index contributed by atoms with van der Waals surface area (Å²) < 4.78 is -0.434. The van der Waals surface area contributed by atoms with Crippen LogP contribution in [0.5, 0.6) is 0 Å². The number of carboxylic acid groups (broad SMARTS) is 3. The molecule has 3 unspecified atom stereocenters. The molecular weight excluding hydrogens is 578 g/mol. The molecule has 46 heavy (non-hydrogen) atoms. The number of carboxylic acids is 3. The van der Waals surface area contributed by atoms with Gasteiger partial charge in [-0.05, 0) is 51.4 Å². The molecule has 0 saturated carbocycles. The molecule has 7 nitrogen and oxygen atoms in total. The van der Waals surface area contributed by atoms with E-state index in [1.165, 1.54) is 96.3 Å². The fourth-order valence-corrected chi connectivity index (χ4v) is 7.33. The van der Waals surface area contributed by atoms with Crippen LogP contribution in [0.2, 0.25) is 0 Å². The molecule has 0 aromatic rings. The van der Waals surface area contributed by atoms with Crippen LogP contribution >= 0.6 is 0 Å². The quantitative estimate of drug-likeness (QED) is 0.0407. The standard InChI is InChI=1S/C39H73NO6/c1-5-9-10-11-12-13-14-15-16-17-18-19-20-21-22-23-24-25-26-27-28-29-33-40(34(30-6-2)37(41)42,35(31-7-3)38(43)44)36(32-8-4)39(45)46/h18-19,34-36H,5-17,20-33H2,1-4H3,(H2-,41,42,43,44,45,46)/b19-18+. The van der Waals surface area contributed by atoms with Gasteiger partial charge in [0.05, 0.1) is 12.5 Å². The predicted octanol–water partition coefficient (Wildman–Crippen LogP) is 9.61. The number of carbonyl (C=O) groups excluding carboxylic acids is 1. The zero-order chi connectivity index (χ0) is 34.5. The van der Waals surface area contributed by atoms with E-state index in [2.05, 4.69) is 19.1 Å². The molecule has 0 aromatic carbocycles. The average Bonchev–Trinajstić information content (AvgIpc) is 3.02. The van der Waals surface area contributed by atoms with Gasteiger partial charge < -0.3 is 20.1 Å². The maximum atomic E-state index is 12.6. The Bertz CT molecular complexity index is 738. The van der Waals surface area contributed by atoms with Crippen LogP contribution in [-0.2, 0) is 14.4 Å². The summed E-state index contributed by atoms with van der Waals surface area (Å²) in [5, 5.41) is 33.1. The second-order valence-electron chi connectivity index (χ2n) is 13.7. The molecule has 0 aliphatic heterocycles. The summed E-state index contributed by atoms with van der Waals surface area (Å²) in [5.41, 5.74) is 0. The molecule has 0 radical (unpaired) electrons. The Morgan fingerprint density at radius 1 is 0.500 bits per heavy atom. The number of hydrogen-bond donors (Lipinski definition) is 2. The Morgan fingerprint density at radius 3 is 1.15 bits per heavy atom. The Labute approximate surface area is 283 Å². The largest absolute Gasteiger partial charge is 0.544 e. The smallest absolute Gasteiger partial charge is 0.362 e. The third-order valence-corrected chi connectivity index (χ3v) is 9.83. The van der Waals surface area contributed by atoms with Crippen molar-refractivity contribution >= 4 is 17.9 Å². The number of aliphatic carboxylic acids is 3. The number of nitrogens with zero attached hydrogens (tertiary/aromatic N) is 1. The maximum Gasteiger partial charge on any atom is 0.362 e. The van der Waals surface area contributed by atoms with Crippen molar-refractivity contribution in [3.8, 4) is 0 Å². The first kappa shape index (κ1) is 44.1. The highest BCUT2D eigenvalue weighted by Crippen LogP contribution is 2.34. The highest BCUT2D eigenvalue weighted by Gasteiger charge is 2.54. The van der Waals surface area contributed by atoms with Crippen LogP contribution in [0.25, 0.3) is 0 Å². The lowest BCUT2D eigenvalue weighted by molar-refractivity contribution is -0.975. The summed E-state index contributed by atoms with van der Waals surface area (Å²) in [4.78, 5) is 37.7. The van der Waals surface area contributed by atoms with Gasteiger partial charge in [-0.3, -0.25) is 4.48 Å². The van der Waals surface area contributed by atoms with E-state index in [1.54, 1.807) is 0 Å². The van der Waals surface area contributed by atoms with Crippen molar-refractivity contribution in [1.82, 2.24) is 0 Å². The fourth-order valence-electron chi connectivity index (χ4n) is 7.33. The third-order valence-electron chi connectivity index (χ3n) is 9.83. The van der Waals surface area contributed by atoms with Gasteiger partial charge in [0.2, 0.25) is 0 Å². The van der Waals surface area contributed by atoms with Crippen molar-refractivity contribution in [3.05, 3.63) is 12.2 Å². The SMILES string of the molecule is CCCCCCCCCCC/C=C/CCCCCCCCCCC[N+](C(CCC)C(=O)[O-])(C(CCC)C(=O)O)C(CCC)C(=O)O. The molecule has 0 rings (SSSR count). The van der Waals surface area contributed by atoms with E-state index in [4.69, 9.17) is 0 Å². The van der Waals surface area contributed by atoms with Gasteiger partial charge in [-0.1, -0.05) is 136 Å². The number of quaternary nitrogens is 1. The Balaban J connectivity index is 4.61. The minimum absolute atomic E-state index is 0.207. The third kappa shape index (κ3) is 18.4. The minimum Gasteiger partial charge on any atom is -0.544 e. The zero-order valence-corrected chi connectivity index (χ0v) is 30.5. The minimum atomic E-state index is -1.33. The van der Waals surface area contributed by atoms with Crippen LogP contribution in [0.15, 0.2) is 12.2 Å². The molecule has 0 heterocycles. The van der Waals surface area contributed by atoms with E-state index in [9.17, 15) is 29.7 Å². The lowest BCUT2D eigenvalue weighted by atomic mass is 9.91. The maximum absolute atomic E-state index is 12.6. The first-order valence-corrected chi connectivity index (χ1v) is 19.4. The van der Waals surface area contributed by atoms with Crippen molar-refractivity contribution in [2.24, 2.45) is 0 Å². The first-order valence-electron chi connectivity index (χ1n) is 19.4. The van der Waals surface area contributed by atoms with Crippen molar-refractivity contribution in [3.63, 3.8) is 0 Å². The van der Waals surface area contributed by atoms with Gasteiger partial charge in [-0.15, -0.1) is 0 Å². The van der Waals surface area contributed by atoms with E-state index in [1.807, 2.05) is 20.8 Å². The highest BCUT2D eigenvalue weighted by molar-refractivity contribution is 5.77. The van der Waals surface area contributed by atoms with Crippen LogP contribution in [-0.4, -0.2) is 57.3 Å². The normalized spacial score (nSPS) is 15.0. The van der Waals surface area contributed by atoms with Crippen molar-refractivity contribution < 1.29 is 34.2 Å². The van der Waals surface area contributed by atoms with E-state index in [-0.39, 0.29) is 25.8 Å². The molecule has 0 bridgehead atoms. The molecule has 0 amide bonds. The van der Waals surface area contributed by atoms with Crippen molar-refractivity contribution in [1.29, 1.82) is 0 Å². The molecule has 0 saturated heterocycles. The molecule has 2 N–H and O–H groups in total. The summed E-state index contributed by atoms with van der Waals surface area (Å²) in [6.45, 7) is 8.09. The van der Waals surface area contributed by atoms with Gasteiger partial charge in [0.15, 0.2) is 12.1 Å². The van der Waals surface area contributed by atoms with Crippen molar-refractivity contribution in [2.45, 2.75) is 213 Å². The van der Waals surface area contributed by atoms with Gasteiger partial charge in [0.1, 0.15) is 6.04 Å². The molecule has 270 valence electrons. The molecule has 0 aliphatic rings. The van der Waals surface area contributed by atoms with Crippen LogP contribution in [0.1, 0.15) is 195 Å². The van der Waals surface area contributed by atoms with E-state index in [0.717, 1.165) is 25.7 Å². The number of carbonyl (C=O) groups is 3. The van der Waals surface area contributed by atoms with Crippen molar-refractivity contribution in [2.75, 3.05) is 6.54 Å². The van der Waals surface area contributed by atoms with Gasteiger partial charge in [-0.25, -0.2) is 9.59 Å². The predicted molar refractivity (Wildman–Crippen MR) is 189 cm³/mol. The summed E-state index contributed by atoms with van der Waals surface area (Å²) in [5.74, 6) is -3.55. The van der Waals surface area contributed by atoms with E-state index in [0.29, 0.717) is 25.7 Å². The molecule has 0 spiro atoms. The Kier molecular flexibility index (Phi) is 28.1. The monoisotopic (exact) mass is 652 g/mol. The summed E-state index contributed by atoms with van der Waals surface area (Å²) in [6, 6.07) is -3.33. The lowest BCUT2D eigenvalue weighted by Crippen LogP contribution is -2.74. The summed E-state index contributed by atoms with van der Waals surface area (Å²) >= 11 is 0. The second kappa shape index (κ2) is 29.3. The molecule has 7 heteroatoms. The molecule has 0 fully saturated rings. The zero-order valence-electron chi connectivity index (χ0n) is 30.5. The summed E-state index contributed by atoms with van der Waals surface area (Å²) in [7, 11) is 0. The van der Waals surface area contributed by atoms with Gasteiger partial charge in [-0.2, -0.15) is 0 Å².